The lowest BCUT2D eigenvalue weighted by Crippen LogP contribution is -2.40. The highest BCUT2D eigenvalue weighted by Crippen LogP contribution is 2.20. The Morgan fingerprint density at radius 2 is 2.38 bits per heavy atom. The first-order valence-electron chi connectivity index (χ1n) is 6.09. The smallest absolute Gasteiger partial charge is 0.326 e. The Morgan fingerprint density at radius 1 is 1.57 bits per heavy atom. The number of carbonyl (C=O) groups excluding carboxylic acids is 1. The summed E-state index contributed by atoms with van der Waals surface area (Å²) in [7, 11) is 0. The zero-order chi connectivity index (χ0) is 15.2. The number of thiophene rings is 1. The van der Waals surface area contributed by atoms with Crippen LogP contribution >= 0.6 is 11.3 Å². The maximum Gasteiger partial charge on any atom is 0.326 e. The molecule has 0 saturated carbocycles. The molecule has 0 aliphatic carbocycles. The number of carboxylic acid groups (broad SMARTS) is 1. The topological polar surface area (TPSA) is 110 Å². The minimum absolute atomic E-state index is 0.288. The highest BCUT2D eigenvalue weighted by Gasteiger charge is 2.23. The molecule has 0 radical (unpaired) electrons. The van der Waals surface area contributed by atoms with Gasteiger partial charge < -0.3 is 10.4 Å². The number of aromatic nitrogens is 4. The number of nitrogens with zero attached hydrogens (tertiary/aromatic N) is 4. The minimum Gasteiger partial charge on any atom is -0.480 e. The second kappa shape index (κ2) is 6.75. The van der Waals surface area contributed by atoms with Gasteiger partial charge in [-0.1, -0.05) is 6.08 Å². The van der Waals surface area contributed by atoms with Gasteiger partial charge in [0.1, 0.15) is 17.2 Å². The molecule has 2 aromatic rings. The molecule has 0 aromatic carbocycles. The normalized spacial score (nSPS) is 11.8. The highest BCUT2D eigenvalue weighted by molar-refractivity contribution is 7.12. The van der Waals surface area contributed by atoms with Crippen molar-refractivity contribution in [3.63, 3.8) is 0 Å². The first-order valence-corrected chi connectivity index (χ1v) is 6.97. The van der Waals surface area contributed by atoms with Gasteiger partial charge in [-0.25, -0.2) is 4.79 Å². The van der Waals surface area contributed by atoms with Crippen molar-refractivity contribution in [3.05, 3.63) is 35.3 Å². The van der Waals surface area contributed by atoms with Crippen molar-refractivity contribution in [1.82, 2.24) is 25.5 Å². The number of hydrogen-bond donors (Lipinski definition) is 2. The van der Waals surface area contributed by atoms with Crippen molar-refractivity contribution in [2.45, 2.75) is 18.9 Å². The van der Waals surface area contributed by atoms with Gasteiger partial charge in [0.25, 0.3) is 5.91 Å². The van der Waals surface area contributed by atoms with E-state index in [4.69, 9.17) is 5.11 Å². The Hall–Kier alpha value is -2.55. The van der Waals surface area contributed by atoms with Crippen LogP contribution in [-0.4, -0.2) is 43.2 Å². The number of carboxylic acids is 1. The van der Waals surface area contributed by atoms with E-state index in [0.29, 0.717) is 17.0 Å². The number of hydrogen-bond acceptors (Lipinski definition) is 6. The van der Waals surface area contributed by atoms with Crippen LogP contribution in [0.4, 0.5) is 0 Å². The van der Waals surface area contributed by atoms with Crippen LogP contribution in [0.2, 0.25) is 0 Å². The van der Waals surface area contributed by atoms with E-state index in [1.807, 2.05) is 0 Å². The molecule has 1 unspecified atom stereocenters. The molecule has 1 amide bonds. The third kappa shape index (κ3) is 3.51. The van der Waals surface area contributed by atoms with Crippen LogP contribution in [0.5, 0.6) is 0 Å². The van der Waals surface area contributed by atoms with Crippen LogP contribution in [0.15, 0.2) is 30.4 Å². The fourth-order valence-corrected chi connectivity index (χ4v) is 2.47. The van der Waals surface area contributed by atoms with Crippen molar-refractivity contribution < 1.29 is 14.7 Å². The van der Waals surface area contributed by atoms with E-state index >= 15 is 0 Å². The molecule has 0 fully saturated rings. The number of amides is 1. The molecule has 110 valence electrons. The standard InChI is InChI=1S/C12H13N5O3S/c1-2-3-4-8(12(19)20)14-11(18)10-9(5-6-21-10)17-7-13-15-16-17/h2,5-8H,1,3-4H2,(H,14,18)(H,19,20). The van der Waals surface area contributed by atoms with Gasteiger partial charge in [-0.2, -0.15) is 4.68 Å². The third-order valence-corrected chi connectivity index (χ3v) is 3.61. The molecule has 2 N–H and O–H groups in total. The van der Waals surface area contributed by atoms with Crippen LogP contribution in [0.25, 0.3) is 5.69 Å². The van der Waals surface area contributed by atoms with Gasteiger partial charge in [-0.3, -0.25) is 4.79 Å². The van der Waals surface area contributed by atoms with Crippen LogP contribution in [0, 0.1) is 0 Å². The molecule has 0 aliphatic rings. The summed E-state index contributed by atoms with van der Waals surface area (Å²) in [6.45, 7) is 3.54. The number of nitrogens with one attached hydrogen (secondary N) is 1. The van der Waals surface area contributed by atoms with E-state index in [2.05, 4.69) is 27.4 Å². The summed E-state index contributed by atoms with van der Waals surface area (Å²) in [5.41, 5.74) is 0.510. The molecule has 2 aromatic heterocycles. The number of carbonyl (C=O) groups is 2. The number of allylic oxidation sites excluding steroid dienone is 1. The summed E-state index contributed by atoms with van der Waals surface area (Å²) in [5.74, 6) is -1.54. The second-order valence-corrected chi connectivity index (χ2v) is 5.04. The summed E-state index contributed by atoms with van der Waals surface area (Å²) in [6.07, 6.45) is 3.77. The van der Waals surface area contributed by atoms with Crippen LogP contribution in [-0.2, 0) is 4.79 Å². The van der Waals surface area contributed by atoms with Crippen molar-refractivity contribution in [2.75, 3.05) is 0 Å². The first-order chi connectivity index (χ1) is 10.1. The molecule has 0 saturated heterocycles. The number of rotatable bonds is 7. The maximum absolute atomic E-state index is 12.2. The molecule has 21 heavy (non-hydrogen) atoms. The molecule has 2 rings (SSSR count). The summed E-state index contributed by atoms with van der Waals surface area (Å²) < 4.78 is 1.35. The fourth-order valence-electron chi connectivity index (χ4n) is 1.69. The van der Waals surface area contributed by atoms with E-state index in [1.165, 1.54) is 22.3 Å². The van der Waals surface area contributed by atoms with Gasteiger partial charge in [0, 0.05) is 0 Å². The van der Waals surface area contributed by atoms with E-state index in [9.17, 15) is 9.59 Å². The fraction of sp³-hybridized carbons (Fsp3) is 0.250. The molecule has 0 spiro atoms. The van der Waals surface area contributed by atoms with Gasteiger partial charge in [-0.05, 0) is 34.7 Å². The molecule has 0 aliphatic heterocycles. The average molecular weight is 307 g/mol. The molecular formula is C12H13N5O3S. The van der Waals surface area contributed by atoms with Crippen LogP contribution in [0.1, 0.15) is 22.5 Å². The van der Waals surface area contributed by atoms with Crippen LogP contribution < -0.4 is 5.32 Å². The van der Waals surface area contributed by atoms with E-state index in [0.717, 1.165) is 0 Å². The predicted molar refractivity (Wildman–Crippen MR) is 75.4 cm³/mol. The van der Waals surface area contributed by atoms with Gasteiger partial charge in [-0.15, -0.1) is 23.0 Å². The van der Waals surface area contributed by atoms with Crippen molar-refractivity contribution in [1.29, 1.82) is 0 Å². The molecule has 8 nitrogen and oxygen atoms in total. The summed E-state index contributed by atoms with van der Waals surface area (Å²) in [6, 6.07) is 0.731. The Morgan fingerprint density at radius 3 is 3.00 bits per heavy atom. The Bertz CT molecular complexity index is 637. The average Bonchev–Trinajstić information content (AvgIpc) is 3.11. The van der Waals surface area contributed by atoms with Crippen molar-refractivity contribution in [2.24, 2.45) is 0 Å². The number of aliphatic carboxylic acids is 1. The first kappa shape index (κ1) is 14.9. The second-order valence-electron chi connectivity index (χ2n) is 4.12. The van der Waals surface area contributed by atoms with E-state index in [1.54, 1.807) is 17.5 Å². The molecule has 2 heterocycles. The predicted octanol–water partition coefficient (Wildman–Crippen LogP) is 0.873. The minimum atomic E-state index is -1.08. The van der Waals surface area contributed by atoms with Crippen molar-refractivity contribution >= 4 is 23.2 Å². The van der Waals surface area contributed by atoms with E-state index in [-0.39, 0.29) is 6.42 Å². The summed E-state index contributed by atoms with van der Waals surface area (Å²) >= 11 is 1.19. The van der Waals surface area contributed by atoms with Crippen molar-refractivity contribution in [3.8, 4) is 5.69 Å². The largest absolute Gasteiger partial charge is 0.480 e. The molecule has 9 heteroatoms. The lowest BCUT2D eigenvalue weighted by atomic mass is 10.1. The zero-order valence-electron chi connectivity index (χ0n) is 11.0. The third-order valence-electron chi connectivity index (χ3n) is 2.71. The SMILES string of the molecule is C=CCCC(NC(=O)c1sccc1-n1cnnn1)C(=O)O. The van der Waals surface area contributed by atoms with Gasteiger partial charge in [0.05, 0.1) is 5.69 Å². The molecular weight excluding hydrogens is 294 g/mol. The summed E-state index contributed by atoms with van der Waals surface area (Å²) in [5, 5.41) is 24.1. The highest BCUT2D eigenvalue weighted by atomic mass is 32.1. The van der Waals surface area contributed by atoms with Gasteiger partial charge >= 0.3 is 5.97 Å². The maximum atomic E-state index is 12.2. The lowest BCUT2D eigenvalue weighted by molar-refractivity contribution is -0.139. The summed E-state index contributed by atoms with van der Waals surface area (Å²) in [4.78, 5) is 23.7. The van der Waals surface area contributed by atoms with Gasteiger partial charge in [0.2, 0.25) is 0 Å². The quantitative estimate of drug-likeness (QED) is 0.735. The Balaban J connectivity index is 2.15. The van der Waals surface area contributed by atoms with Gasteiger partial charge in [0.15, 0.2) is 0 Å². The lowest BCUT2D eigenvalue weighted by Gasteiger charge is -2.13. The monoisotopic (exact) mass is 307 g/mol. The molecule has 0 bridgehead atoms. The molecule has 1 atom stereocenters. The van der Waals surface area contributed by atoms with Crippen LogP contribution in [0.3, 0.4) is 0 Å². The number of tetrazole rings is 1. The zero-order valence-corrected chi connectivity index (χ0v) is 11.8. The van der Waals surface area contributed by atoms with E-state index < -0.39 is 17.9 Å². The Kier molecular flexibility index (Phi) is 4.77. The Labute approximate surface area is 124 Å².